The molecule has 11 atom stereocenters. The molecular weight excluding hydrogens is 824 g/mol. The molecule has 6 rings (SSSR count). The molecule has 3 N–H and O–H groups in total. The predicted octanol–water partition coefficient (Wildman–Crippen LogP) is 4.89. The zero-order chi connectivity index (χ0) is 47.0. The van der Waals surface area contributed by atoms with Gasteiger partial charge in [-0.05, 0) is 63.5 Å². The average Bonchev–Trinajstić information content (AvgIpc) is 3.23. The summed E-state index contributed by atoms with van der Waals surface area (Å²) in [4.78, 5) is 71.2. The predicted molar refractivity (Wildman–Crippen MR) is 237 cm³/mol. The third kappa shape index (κ3) is 8.90. The SMILES string of the molecule is CCBOC1C[C@H]2OC[C@@]2(OC(C)=O)[C@H]2[C@H](OC(=O)c3ccccc3)[C@]3(O)C[C@H](OC(=O)[C@H](O)[C@@H](NC(=O)OC(C)(C)C)c4ccccc4)C(C)=C([C@@H](OBCC)C(=O)[C@]12C)C3(C)C. The van der Waals surface area contributed by atoms with Crippen molar-refractivity contribution in [3.05, 3.63) is 82.9 Å². The van der Waals surface area contributed by atoms with E-state index in [0.717, 1.165) is 0 Å². The summed E-state index contributed by atoms with van der Waals surface area (Å²) in [6.45, 7) is 16.7. The number of carbonyl (C=O) groups is 5. The van der Waals surface area contributed by atoms with Gasteiger partial charge < -0.3 is 48.5 Å². The molecule has 2 saturated carbocycles. The van der Waals surface area contributed by atoms with Gasteiger partial charge in [-0.3, -0.25) is 9.59 Å². The summed E-state index contributed by atoms with van der Waals surface area (Å²) in [5.41, 5.74) is -6.67. The van der Waals surface area contributed by atoms with Gasteiger partial charge in [0.25, 0.3) is 15.0 Å². The van der Waals surface area contributed by atoms with Crippen LogP contribution in [0, 0.1) is 16.7 Å². The topological polar surface area (TPSA) is 202 Å². The maximum absolute atomic E-state index is 16.0. The number of benzene rings is 2. The minimum absolute atomic E-state index is 0.119. The molecule has 64 heavy (non-hydrogen) atoms. The van der Waals surface area contributed by atoms with Crippen LogP contribution in [0.2, 0.25) is 12.6 Å². The smallest absolute Gasteiger partial charge is 0.408 e. The van der Waals surface area contributed by atoms with Crippen molar-refractivity contribution in [2.24, 2.45) is 16.7 Å². The fourth-order valence-electron chi connectivity index (χ4n) is 10.4. The Balaban J connectivity index is 1.56. The van der Waals surface area contributed by atoms with Crippen molar-refractivity contribution >= 4 is 44.7 Å². The second-order valence-corrected chi connectivity index (χ2v) is 19.3. The highest BCUT2D eigenvalue weighted by Gasteiger charge is 2.78. The van der Waals surface area contributed by atoms with E-state index in [4.69, 9.17) is 33.0 Å². The Morgan fingerprint density at radius 1 is 0.938 bits per heavy atom. The molecule has 1 saturated heterocycles. The zero-order valence-corrected chi connectivity index (χ0v) is 38.6. The van der Waals surface area contributed by atoms with Crippen molar-refractivity contribution in [1.29, 1.82) is 0 Å². The van der Waals surface area contributed by atoms with Crippen molar-refractivity contribution in [1.82, 2.24) is 5.32 Å². The maximum atomic E-state index is 16.0. The van der Waals surface area contributed by atoms with Gasteiger partial charge in [-0.1, -0.05) is 88.9 Å². The molecular formula is C47H63B2NO14. The molecule has 3 fully saturated rings. The summed E-state index contributed by atoms with van der Waals surface area (Å²) < 4.78 is 43.8. The van der Waals surface area contributed by atoms with Crippen LogP contribution >= 0.6 is 0 Å². The molecule has 1 unspecified atom stereocenters. The summed E-state index contributed by atoms with van der Waals surface area (Å²) in [6.07, 6.45) is -8.13. The monoisotopic (exact) mass is 887 g/mol. The van der Waals surface area contributed by atoms with Crippen LogP contribution in [0.25, 0.3) is 0 Å². The first-order valence-electron chi connectivity index (χ1n) is 22.3. The van der Waals surface area contributed by atoms with Crippen LogP contribution in [-0.2, 0) is 47.4 Å². The van der Waals surface area contributed by atoms with Gasteiger partial charge in [-0.15, -0.1) is 0 Å². The van der Waals surface area contributed by atoms with E-state index < -0.39 is 112 Å². The molecule has 17 heteroatoms. The highest BCUT2D eigenvalue weighted by atomic mass is 16.6. The number of alkyl carbamates (subject to hydrolysis) is 1. The first kappa shape index (κ1) is 48.9. The first-order chi connectivity index (χ1) is 30.1. The van der Waals surface area contributed by atoms with Crippen LogP contribution in [0.4, 0.5) is 4.79 Å². The van der Waals surface area contributed by atoms with Gasteiger partial charge in [0.1, 0.15) is 35.6 Å². The van der Waals surface area contributed by atoms with Gasteiger partial charge in [0.15, 0.2) is 17.5 Å². The van der Waals surface area contributed by atoms with Gasteiger partial charge in [0.05, 0.1) is 35.6 Å². The van der Waals surface area contributed by atoms with Crippen LogP contribution in [0.15, 0.2) is 71.8 Å². The highest BCUT2D eigenvalue weighted by Crippen LogP contribution is 2.65. The minimum Gasteiger partial charge on any atom is -0.456 e. The van der Waals surface area contributed by atoms with Crippen LogP contribution in [0.5, 0.6) is 0 Å². The van der Waals surface area contributed by atoms with Crippen molar-refractivity contribution in [2.75, 3.05) is 6.61 Å². The lowest BCUT2D eigenvalue weighted by Gasteiger charge is -2.68. The summed E-state index contributed by atoms with van der Waals surface area (Å²) in [7, 11) is 0.377. The van der Waals surface area contributed by atoms with Crippen LogP contribution in [0.3, 0.4) is 0 Å². The number of hydrogen-bond donors (Lipinski definition) is 3. The molecule has 0 aromatic heterocycles. The molecule has 15 nitrogen and oxygen atoms in total. The number of Topliss-reactive ketones (excluding diaryl/α,β-unsaturated/α-hetero) is 1. The summed E-state index contributed by atoms with van der Waals surface area (Å²) >= 11 is 0. The number of ether oxygens (including phenoxy) is 5. The average molecular weight is 888 g/mol. The van der Waals surface area contributed by atoms with E-state index in [-0.39, 0.29) is 33.6 Å². The largest absolute Gasteiger partial charge is 0.456 e. The Morgan fingerprint density at radius 3 is 2.11 bits per heavy atom. The molecule has 1 heterocycles. The number of aliphatic hydroxyl groups excluding tert-OH is 1. The van der Waals surface area contributed by atoms with E-state index in [9.17, 15) is 29.4 Å². The van der Waals surface area contributed by atoms with Crippen molar-refractivity contribution in [3.8, 4) is 0 Å². The highest BCUT2D eigenvalue weighted by molar-refractivity contribution is 6.28. The second kappa shape index (κ2) is 18.7. The lowest BCUT2D eigenvalue weighted by molar-refractivity contribution is -0.344. The van der Waals surface area contributed by atoms with Gasteiger partial charge in [0.2, 0.25) is 0 Å². The van der Waals surface area contributed by atoms with E-state index in [0.29, 0.717) is 29.4 Å². The van der Waals surface area contributed by atoms with Crippen LogP contribution in [-0.4, -0.2) is 115 Å². The van der Waals surface area contributed by atoms with E-state index in [1.165, 1.54) is 6.92 Å². The lowest BCUT2D eigenvalue weighted by atomic mass is 9.44. The van der Waals surface area contributed by atoms with Gasteiger partial charge in [-0.2, -0.15) is 0 Å². The number of nitrogens with one attached hydrogen (secondary N) is 1. The number of hydrogen-bond acceptors (Lipinski definition) is 14. The third-order valence-corrected chi connectivity index (χ3v) is 13.5. The van der Waals surface area contributed by atoms with Crippen molar-refractivity contribution in [3.63, 3.8) is 0 Å². The number of rotatable bonds is 14. The maximum Gasteiger partial charge on any atom is 0.408 e. The summed E-state index contributed by atoms with van der Waals surface area (Å²) in [6, 6.07) is 15.2. The molecule has 346 valence electrons. The molecule has 2 aromatic carbocycles. The molecule has 4 aliphatic rings. The Labute approximate surface area is 376 Å². The van der Waals surface area contributed by atoms with E-state index in [1.807, 2.05) is 13.8 Å². The fraction of sp³-hybridized carbons (Fsp3) is 0.596. The lowest BCUT2D eigenvalue weighted by Crippen LogP contribution is -2.82. The Morgan fingerprint density at radius 2 is 1.55 bits per heavy atom. The standard InChI is InChI=1S/C47H63B2NO14/c1-11-48-63-31-23-32-46(25-58-32,61-27(4)51)37-39(60-40(54)29-21-17-14-18-22-29)47(57)24-30(26(3)33(44(47,8)9)36(64-49-12-2)38(53)45(31,37)10)59-41(55)35(52)34(28-19-15-13-16-20-28)50-42(56)62-43(5,6)7/h13-22,30-32,34-37,39,48-49,52,57H,11-12,23-25H2,1-10H3,(H,50,56)/t30-,31?,32+,34-,35+,36+,37-,39-,45+,46-,47+/m0/s1. The van der Waals surface area contributed by atoms with Crippen molar-refractivity contribution in [2.45, 2.75) is 154 Å². The van der Waals surface area contributed by atoms with Gasteiger partial charge in [-0.25, -0.2) is 14.4 Å². The van der Waals surface area contributed by atoms with Crippen LogP contribution in [0.1, 0.15) is 104 Å². The van der Waals surface area contributed by atoms with Gasteiger partial charge in [0, 0.05) is 25.2 Å². The van der Waals surface area contributed by atoms with Crippen LogP contribution < -0.4 is 5.32 Å². The summed E-state index contributed by atoms with van der Waals surface area (Å²) in [5, 5.41) is 28.3. The van der Waals surface area contributed by atoms with Gasteiger partial charge >= 0.3 is 24.0 Å². The molecule has 0 radical (unpaired) electrons. The number of carbonyl (C=O) groups excluding carboxylic acids is 5. The van der Waals surface area contributed by atoms with E-state index in [1.54, 1.807) is 109 Å². The number of ketones is 1. The minimum atomic E-state index is -2.23. The molecule has 1 amide bonds. The second-order valence-electron chi connectivity index (χ2n) is 19.3. The number of esters is 3. The Hall–Kier alpha value is -4.54. The number of aliphatic hydroxyl groups is 2. The molecule has 2 aromatic rings. The van der Waals surface area contributed by atoms with E-state index >= 15 is 4.79 Å². The molecule has 3 aliphatic carbocycles. The molecule has 1 aliphatic heterocycles. The van der Waals surface area contributed by atoms with E-state index in [2.05, 4.69) is 5.32 Å². The fourth-order valence-corrected chi connectivity index (χ4v) is 10.4. The zero-order valence-electron chi connectivity index (χ0n) is 38.6. The molecule has 0 spiro atoms. The Bertz CT molecular complexity index is 2090. The van der Waals surface area contributed by atoms with Crippen molar-refractivity contribution < 1.29 is 67.2 Å². The molecule has 2 bridgehead atoms. The Kier molecular flexibility index (Phi) is 14.3. The third-order valence-electron chi connectivity index (χ3n) is 13.5. The number of amides is 1. The number of fused-ring (bicyclic) bond motifs is 5. The normalized spacial score (nSPS) is 31.5. The summed E-state index contributed by atoms with van der Waals surface area (Å²) in [5.74, 6) is -4.44. The first-order valence-corrected chi connectivity index (χ1v) is 22.3. The quantitative estimate of drug-likeness (QED) is 0.100.